The zero-order valence-corrected chi connectivity index (χ0v) is 10.4. The van der Waals surface area contributed by atoms with Crippen molar-refractivity contribution in [2.75, 3.05) is 13.1 Å². The molecule has 0 heterocycles. The lowest BCUT2D eigenvalue weighted by Crippen LogP contribution is -2.33. The summed E-state index contributed by atoms with van der Waals surface area (Å²) in [5, 5.41) is 13.2. The summed E-state index contributed by atoms with van der Waals surface area (Å²) in [4.78, 5) is 32.9. The number of carbonyl (C=O) groups excluding carboxylic acids is 2. The van der Waals surface area contributed by atoms with Crippen LogP contribution in [-0.2, 0) is 20.8 Å². The van der Waals surface area contributed by atoms with Gasteiger partial charge in [-0.3, -0.25) is 14.4 Å². The molecular formula is C13H16N2O4. The number of carbonyl (C=O) groups is 3. The Morgan fingerprint density at radius 1 is 1.00 bits per heavy atom. The molecule has 0 bridgehead atoms. The van der Waals surface area contributed by atoms with Crippen LogP contribution in [0, 0.1) is 0 Å². The minimum atomic E-state index is -1.10. The predicted molar refractivity (Wildman–Crippen MR) is 68.4 cm³/mol. The summed E-state index contributed by atoms with van der Waals surface area (Å²) in [6.45, 7) is -0.214. The van der Waals surface area contributed by atoms with Gasteiger partial charge in [0, 0.05) is 13.0 Å². The zero-order chi connectivity index (χ0) is 14.1. The molecule has 6 heteroatoms. The van der Waals surface area contributed by atoms with E-state index in [-0.39, 0.29) is 25.3 Å². The third kappa shape index (κ3) is 6.82. The molecule has 0 aliphatic rings. The third-order valence-electron chi connectivity index (χ3n) is 2.32. The molecule has 0 atom stereocenters. The maximum absolute atomic E-state index is 11.5. The van der Waals surface area contributed by atoms with Gasteiger partial charge in [0.2, 0.25) is 11.8 Å². The average Bonchev–Trinajstić information content (AvgIpc) is 2.37. The van der Waals surface area contributed by atoms with Gasteiger partial charge in [0.05, 0.1) is 6.42 Å². The van der Waals surface area contributed by atoms with Gasteiger partial charge in [-0.15, -0.1) is 0 Å². The molecule has 1 aromatic carbocycles. The number of carboxylic acid groups (broad SMARTS) is 1. The van der Waals surface area contributed by atoms with E-state index in [4.69, 9.17) is 5.11 Å². The Labute approximate surface area is 110 Å². The van der Waals surface area contributed by atoms with Gasteiger partial charge in [-0.05, 0) is 5.56 Å². The standard InChI is InChI=1S/C13H16N2O4/c16-11(15-9-13(18)19)6-7-14-12(17)8-10-4-2-1-3-5-10/h1-5H,6-9H2,(H,14,17)(H,15,16)(H,18,19). The van der Waals surface area contributed by atoms with Crippen LogP contribution >= 0.6 is 0 Å². The van der Waals surface area contributed by atoms with Crippen LogP contribution in [0.15, 0.2) is 30.3 Å². The highest BCUT2D eigenvalue weighted by atomic mass is 16.4. The lowest BCUT2D eigenvalue weighted by atomic mass is 10.1. The minimum absolute atomic E-state index is 0.0633. The fourth-order valence-electron chi connectivity index (χ4n) is 1.42. The quantitative estimate of drug-likeness (QED) is 0.642. The third-order valence-corrected chi connectivity index (χ3v) is 2.32. The number of hydrogen-bond donors (Lipinski definition) is 3. The molecule has 1 rings (SSSR count). The number of amides is 2. The number of nitrogens with one attached hydrogen (secondary N) is 2. The van der Waals surface area contributed by atoms with Gasteiger partial charge in [0.25, 0.3) is 0 Å². The molecule has 0 aliphatic heterocycles. The Kier molecular flexibility index (Phi) is 6.08. The summed E-state index contributed by atoms with van der Waals surface area (Å²) in [5.41, 5.74) is 0.898. The highest BCUT2D eigenvalue weighted by Gasteiger charge is 2.06. The van der Waals surface area contributed by atoms with E-state index in [1.165, 1.54) is 0 Å². The molecule has 19 heavy (non-hydrogen) atoms. The van der Waals surface area contributed by atoms with Gasteiger partial charge in [-0.2, -0.15) is 0 Å². The van der Waals surface area contributed by atoms with E-state index in [1.54, 1.807) is 0 Å². The molecule has 0 radical (unpaired) electrons. The summed E-state index contributed by atoms with van der Waals surface area (Å²) in [7, 11) is 0. The van der Waals surface area contributed by atoms with Crippen molar-refractivity contribution in [3.8, 4) is 0 Å². The fourth-order valence-corrected chi connectivity index (χ4v) is 1.42. The first kappa shape index (κ1) is 14.7. The molecule has 0 unspecified atom stereocenters. The molecule has 0 fully saturated rings. The smallest absolute Gasteiger partial charge is 0.322 e. The van der Waals surface area contributed by atoms with Crippen LogP contribution in [0.1, 0.15) is 12.0 Å². The summed E-state index contributed by atoms with van der Waals surface area (Å²) in [6, 6.07) is 9.26. The Hall–Kier alpha value is -2.37. The van der Waals surface area contributed by atoms with E-state index < -0.39 is 18.4 Å². The first-order chi connectivity index (χ1) is 9.08. The van der Waals surface area contributed by atoms with Crippen molar-refractivity contribution < 1.29 is 19.5 Å². The van der Waals surface area contributed by atoms with E-state index in [9.17, 15) is 14.4 Å². The largest absolute Gasteiger partial charge is 0.480 e. The first-order valence-electron chi connectivity index (χ1n) is 5.87. The molecule has 6 nitrogen and oxygen atoms in total. The Bertz CT molecular complexity index is 445. The minimum Gasteiger partial charge on any atom is -0.480 e. The SMILES string of the molecule is O=C(O)CNC(=O)CCNC(=O)Cc1ccccc1. The summed E-state index contributed by atoms with van der Waals surface area (Å²) < 4.78 is 0. The second kappa shape index (κ2) is 7.86. The van der Waals surface area contributed by atoms with Crippen molar-refractivity contribution in [2.45, 2.75) is 12.8 Å². The van der Waals surface area contributed by atoms with E-state index in [0.717, 1.165) is 5.56 Å². The van der Waals surface area contributed by atoms with Crippen molar-refractivity contribution in [3.63, 3.8) is 0 Å². The van der Waals surface area contributed by atoms with Crippen LogP contribution in [0.25, 0.3) is 0 Å². The molecule has 1 aromatic rings. The number of aliphatic carboxylic acids is 1. The monoisotopic (exact) mass is 264 g/mol. The predicted octanol–water partition coefficient (Wildman–Crippen LogP) is -0.0638. The van der Waals surface area contributed by atoms with Crippen LogP contribution < -0.4 is 10.6 Å². The Morgan fingerprint density at radius 3 is 2.32 bits per heavy atom. The van der Waals surface area contributed by atoms with E-state index in [1.807, 2.05) is 30.3 Å². The zero-order valence-electron chi connectivity index (χ0n) is 10.4. The average molecular weight is 264 g/mol. The van der Waals surface area contributed by atoms with E-state index in [0.29, 0.717) is 0 Å². The maximum Gasteiger partial charge on any atom is 0.322 e. The van der Waals surface area contributed by atoms with Gasteiger partial charge in [0.15, 0.2) is 0 Å². The summed E-state index contributed by atoms with van der Waals surface area (Å²) in [6.07, 6.45) is 0.325. The molecule has 0 aliphatic carbocycles. The highest BCUT2D eigenvalue weighted by molar-refractivity contribution is 5.82. The van der Waals surface area contributed by atoms with Crippen LogP contribution in [-0.4, -0.2) is 36.0 Å². The number of benzene rings is 1. The normalized spacial score (nSPS) is 9.68. The molecule has 2 amide bonds. The summed E-state index contributed by atoms with van der Waals surface area (Å²) >= 11 is 0. The van der Waals surface area contributed by atoms with Gasteiger partial charge < -0.3 is 15.7 Å². The Balaban J connectivity index is 2.17. The second-order valence-electron chi connectivity index (χ2n) is 3.93. The Morgan fingerprint density at radius 2 is 1.68 bits per heavy atom. The molecule has 102 valence electrons. The van der Waals surface area contributed by atoms with Crippen molar-refractivity contribution >= 4 is 17.8 Å². The topological polar surface area (TPSA) is 95.5 Å². The lowest BCUT2D eigenvalue weighted by Gasteiger charge is -2.05. The van der Waals surface area contributed by atoms with Crippen LogP contribution in [0.4, 0.5) is 0 Å². The van der Waals surface area contributed by atoms with Crippen LogP contribution in [0.5, 0.6) is 0 Å². The van der Waals surface area contributed by atoms with Gasteiger partial charge in [0.1, 0.15) is 6.54 Å². The molecule has 0 saturated heterocycles. The summed E-state index contributed by atoms with van der Waals surface area (Å²) in [5.74, 6) is -1.67. The number of hydrogen-bond acceptors (Lipinski definition) is 3. The van der Waals surface area contributed by atoms with Crippen molar-refractivity contribution in [1.29, 1.82) is 0 Å². The van der Waals surface area contributed by atoms with Crippen molar-refractivity contribution in [1.82, 2.24) is 10.6 Å². The van der Waals surface area contributed by atoms with E-state index in [2.05, 4.69) is 10.6 Å². The van der Waals surface area contributed by atoms with Crippen LogP contribution in [0.2, 0.25) is 0 Å². The van der Waals surface area contributed by atoms with Crippen LogP contribution in [0.3, 0.4) is 0 Å². The van der Waals surface area contributed by atoms with E-state index >= 15 is 0 Å². The second-order valence-corrected chi connectivity index (χ2v) is 3.93. The molecular weight excluding hydrogens is 248 g/mol. The maximum atomic E-state index is 11.5. The molecule has 0 aromatic heterocycles. The lowest BCUT2D eigenvalue weighted by molar-refractivity contribution is -0.138. The fraction of sp³-hybridized carbons (Fsp3) is 0.308. The van der Waals surface area contributed by atoms with Gasteiger partial charge in [-0.25, -0.2) is 0 Å². The number of carboxylic acids is 1. The molecule has 0 spiro atoms. The molecule has 0 saturated carbocycles. The van der Waals surface area contributed by atoms with Crippen molar-refractivity contribution in [2.24, 2.45) is 0 Å². The molecule has 3 N–H and O–H groups in total. The van der Waals surface area contributed by atoms with Gasteiger partial charge >= 0.3 is 5.97 Å². The van der Waals surface area contributed by atoms with Gasteiger partial charge in [-0.1, -0.05) is 30.3 Å². The number of rotatable bonds is 7. The van der Waals surface area contributed by atoms with Crippen molar-refractivity contribution in [3.05, 3.63) is 35.9 Å². The highest BCUT2D eigenvalue weighted by Crippen LogP contribution is 1.98. The first-order valence-corrected chi connectivity index (χ1v) is 5.87.